The quantitative estimate of drug-likeness (QED) is 0.187. The zero-order chi connectivity index (χ0) is 26.2. The lowest BCUT2D eigenvalue weighted by molar-refractivity contribution is -0.384. The molecule has 2 amide bonds. The normalized spacial score (nSPS) is 11.3. The molecule has 0 bridgehead atoms. The Bertz CT molecular complexity index is 1290. The van der Waals surface area contributed by atoms with Gasteiger partial charge in [0.2, 0.25) is 5.91 Å². The Labute approximate surface area is 217 Å². The number of nitro groups is 1. The predicted molar refractivity (Wildman–Crippen MR) is 141 cm³/mol. The summed E-state index contributed by atoms with van der Waals surface area (Å²) in [5, 5.41) is 16.5. The van der Waals surface area contributed by atoms with Gasteiger partial charge in [0, 0.05) is 34.3 Å². The molecule has 0 saturated heterocycles. The molecule has 9 nitrogen and oxygen atoms in total. The Morgan fingerprint density at radius 1 is 1.03 bits per heavy atom. The molecule has 0 aliphatic carbocycles. The third-order valence-corrected chi connectivity index (χ3v) is 6.74. The van der Waals surface area contributed by atoms with Crippen LogP contribution >= 0.6 is 23.4 Å². The van der Waals surface area contributed by atoms with E-state index >= 15 is 0 Å². The Morgan fingerprint density at radius 3 is 2.42 bits per heavy atom. The molecule has 3 aromatic carbocycles. The van der Waals surface area contributed by atoms with Crippen LogP contribution in [0.4, 0.5) is 17.1 Å². The summed E-state index contributed by atoms with van der Waals surface area (Å²) >= 11 is 7.54. The van der Waals surface area contributed by atoms with E-state index in [1.165, 1.54) is 50.2 Å². The van der Waals surface area contributed by atoms with E-state index in [-0.39, 0.29) is 17.2 Å². The average molecular weight is 530 g/mol. The molecule has 0 aromatic heterocycles. The number of ether oxygens (including phenoxy) is 2. The number of hydrogen-bond acceptors (Lipinski definition) is 7. The van der Waals surface area contributed by atoms with E-state index < -0.39 is 16.1 Å². The van der Waals surface area contributed by atoms with Crippen molar-refractivity contribution in [3.05, 3.63) is 81.4 Å². The molecule has 0 spiro atoms. The highest BCUT2D eigenvalue weighted by Gasteiger charge is 2.21. The summed E-state index contributed by atoms with van der Waals surface area (Å²) in [5.74, 6) is 0.120. The Balaban J connectivity index is 1.72. The molecule has 1 unspecified atom stereocenters. The topological polar surface area (TPSA) is 120 Å². The van der Waals surface area contributed by atoms with Gasteiger partial charge in [-0.05, 0) is 36.8 Å². The molecule has 3 aromatic rings. The van der Waals surface area contributed by atoms with Crippen LogP contribution in [-0.4, -0.2) is 36.2 Å². The van der Waals surface area contributed by atoms with Gasteiger partial charge in [0.15, 0.2) is 0 Å². The fraction of sp³-hybridized carbons (Fsp3) is 0.200. The fourth-order valence-electron chi connectivity index (χ4n) is 3.27. The SMILES string of the molecule is CCC(Sc1cccc(NC(=O)c2cccc([N+](=O)[O-])c2)c1)C(=O)Nc1cc(Cl)c(OC)cc1OC. The molecule has 0 fully saturated rings. The van der Waals surface area contributed by atoms with E-state index in [1.807, 2.05) is 13.0 Å². The van der Waals surface area contributed by atoms with Crippen LogP contribution < -0.4 is 20.1 Å². The highest BCUT2D eigenvalue weighted by Crippen LogP contribution is 2.37. The van der Waals surface area contributed by atoms with Crippen molar-refractivity contribution in [1.29, 1.82) is 0 Å². The number of amides is 2. The molecule has 0 aliphatic heterocycles. The highest BCUT2D eigenvalue weighted by molar-refractivity contribution is 8.00. The van der Waals surface area contributed by atoms with Crippen molar-refractivity contribution in [2.75, 3.05) is 24.9 Å². The second-order valence-corrected chi connectivity index (χ2v) is 9.16. The largest absolute Gasteiger partial charge is 0.495 e. The zero-order valence-corrected chi connectivity index (χ0v) is 21.3. The second kappa shape index (κ2) is 12.3. The first-order valence-corrected chi connectivity index (χ1v) is 12.1. The van der Waals surface area contributed by atoms with Crippen LogP contribution in [0, 0.1) is 10.1 Å². The minimum atomic E-state index is -0.556. The van der Waals surface area contributed by atoms with Crippen LogP contribution in [0.25, 0.3) is 0 Å². The second-order valence-electron chi connectivity index (χ2n) is 7.48. The smallest absolute Gasteiger partial charge is 0.270 e. The number of methoxy groups -OCH3 is 2. The van der Waals surface area contributed by atoms with Gasteiger partial charge < -0.3 is 20.1 Å². The first-order valence-electron chi connectivity index (χ1n) is 10.8. The van der Waals surface area contributed by atoms with Crippen molar-refractivity contribution in [1.82, 2.24) is 0 Å². The van der Waals surface area contributed by atoms with Crippen LogP contribution in [0.2, 0.25) is 5.02 Å². The maximum atomic E-state index is 13.0. The van der Waals surface area contributed by atoms with Crippen LogP contribution in [0.5, 0.6) is 11.5 Å². The zero-order valence-electron chi connectivity index (χ0n) is 19.7. The van der Waals surface area contributed by atoms with Gasteiger partial charge in [-0.2, -0.15) is 0 Å². The van der Waals surface area contributed by atoms with Crippen molar-refractivity contribution >= 4 is 52.2 Å². The predicted octanol–water partition coefficient (Wildman–Crippen LogP) is 6.03. The Morgan fingerprint density at radius 2 is 1.75 bits per heavy atom. The molecule has 0 saturated carbocycles. The van der Waals surface area contributed by atoms with E-state index in [9.17, 15) is 19.7 Å². The minimum Gasteiger partial charge on any atom is -0.495 e. The fourth-order valence-corrected chi connectivity index (χ4v) is 4.52. The van der Waals surface area contributed by atoms with Gasteiger partial charge in [-0.3, -0.25) is 19.7 Å². The molecule has 3 rings (SSSR count). The first-order chi connectivity index (χ1) is 17.2. The van der Waals surface area contributed by atoms with Crippen molar-refractivity contribution < 1.29 is 24.0 Å². The summed E-state index contributed by atoms with van der Waals surface area (Å²) in [7, 11) is 2.97. The van der Waals surface area contributed by atoms with Crippen LogP contribution in [0.3, 0.4) is 0 Å². The number of thioether (sulfide) groups is 1. The van der Waals surface area contributed by atoms with E-state index in [1.54, 1.807) is 30.3 Å². The highest BCUT2D eigenvalue weighted by atomic mass is 35.5. The molecule has 1 atom stereocenters. The number of nitrogens with zero attached hydrogens (tertiary/aromatic N) is 1. The number of nitro benzene ring substituents is 1. The number of benzene rings is 3. The lowest BCUT2D eigenvalue weighted by Crippen LogP contribution is -2.24. The van der Waals surface area contributed by atoms with Gasteiger partial charge in [0.25, 0.3) is 11.6 Å². The standard InChI is InChI=1S/C25H24ClN3O6S/c1-4-23(25(31)28-20-13-19(26)21(34-2)14-22(20)35-3)36-18-10-6-8-16(12-18)27-24(30)15-7-5-9-17(11-15)29(32)33/h5-14,23H,4H2,1-3H3,(H,27,30)(H,28,31). The number of carbonyl (C=O) groups excluding carboxylic acids is 2. The Hall–Kier alpha value is -3.76. The molecule has 11 heteroatoms. The summed E-state index contributed by atoms with van der Waals surface area (Å²) < 4.78 is 10.5. The lowest BCUT2D eigenvalue weighted by Gasteiger charge is -2.18. The third kappa shape index (κ3) is 6.67. The van der Waals surface area contributed by atoms with Crippen molar-refractivity contribution in [2.24, 2.45) is 0 Å². The van der Waals surface area contributed by atoms with Gasteiger partial charge in [0.1, 0.15) is 11.5 Å². The molecule has 0 radical (unpaired) electrons. The Kier molecular flexibility index (Phi) is 9.15. The summed E-state index contributed by atoms with van der Waals surface area (Å²) in [4.78, 5) is 36.8. The number of rotatable bonds is 10. The molecule has 36 heavy (non-hydrogen) atoms. The monoisotopic (exact) mass is 529 g/mol. The van der Waals surface area contributed by atoms with Crippen molar-refractivity contribution in [2.45, 2.75) is 23.5 Å². The summed E-state index contributed by atoms with van der Waals surface area (Å²) in [5.41, 5.74) is 0.916. The number of carbonyl (C=O) groups is 2. The van der Waals surface area contributed by atoms with Crippen LogP contribution in [0.15, 0.2) is 65.6 Å². The number of nitrogens with one attached hydrogen (secondary N) is 2. The van der Waals surface area contributed by atoms with Gasteiger partial charge in [0.05, 0.1) is 35.1 Å². The van der Waals surface area contributed by atoms with Crippen LogP contribution in [0.1, 0.15) is 23.7 Å². The minimum absolute atomic E-state index is 0.167. The summed E-state index contributed by atoms with van der Waals surface area (Å²) in [6.45, 7) is 1.89. The lowest BCUT2D eigenvalue weighted by atomic mass is 10.2. The van der Waals surface area contributed by atoms with Gasteiger partial charge in [-0.15, -0.1) is 11.8 Å². The maximum absolute atomic E-state index is 13.0. The molecule has 188 valence electrons. The van der Waals surface area contributed by atoms with Crippen molar-refractivity contribution in [3.63, 3.8) is 0 Å². The molecular formula is C25H24ClN3O6S. The third-order valence-electron chi connectivity index (χ3n) is 5.08. The van der Waals surface area contributed by atoms with E-state index in [4.69, 9.17) is 21.1 Å². The number of anilines is 2. The van der Waals surface area contributed by atoms with Crippen molar-refractivity contribution in [3.8, 4) is 11.5 Å². The van der Waals surface area contributed by atoms with E-state index in [0.29, 0.717) is 34.3 Å². The summed E-state index contributed by atoms with van der Waals surface area (Å²) in [6.07, 6.45) is 0.535. The number of halogens is 1. The molecular weight excluding hydrogens is 506 g/mol. The van der Waals surface area contributed by atoms with E-state index in [0.717, 1.165) is 4.90 Å². The number of hydrogen-bond donors (Lipinski definition) is 2. The van der Waals surface area contributed by atoms with E-state index in [2.05, 4.69) is 10.6 Å². The maximum Gasteiger partial charge on any atom is 0.270 e. The van der Waals surface area contributed by atoms with Gasteiger partial charge >= 0.3 is 0 Å². The molecule has 2 N–H and O–H groups in total. The number of non-ortho nitro benzene ring substituents is 1. The van der Waals surface area contributed by atoms with Crippen LogP contribution in [-0.2, 0) is 4.79 Å². The average Bonchev–Trinajstić information content (AvgIpc) is 2.87. The van der Waals surface area contributed by atoms with Gasteiger partial charge in [-0.1, -0.05) is 30.7 Å². The first kappa shape index (κ1) is 26.8. The molecule has 0 heterocycles. The van der Waals surface area contributed by atoms with Gasteiger partial charge in [-0.25, -0.2) is 0 Å². The molecule has 0 aliphatic rings. The summed E-state index contributed by atoms with van der Waals surface area (Å²) in [6, 6.07) is 15.7.